The first-order valence-electron chi connectivity index (χ1n) is 7.02. The highest BCUT2D eigenvalue weighted by Crippen LogP contribution is 2.28. The van der Waals surface area contributed by atoms with Crippen LogP contribution in [0.2, 0.25) is 0 Å². The normalized spacial score (nSPS) is 11.7. The Morgan fingerprint density at radius 2 is 1.48 bits per heavy atom. The van der Waals surface area contributed by atoms with E-state index < -0.39 is 5.97 Å². The summed E-state index contributed by atoms with van der Waals surface area (Å²) in [7, 11) is 0. The topological polar surface area (TPSA) is 37.3 Å². The van der Waals surface area contributed by atoms with Crippen LogP contribution < -0.4 is 0 Å². The van der Waals surface area contributed by atoms with Gasteiger partial charge in [0, 0.05) is 11.5 Å². The minimum Gasteiger partial charge on any atom is -0.478 e. The maximum Gasteiger partial charge on any atom is 0.330 e. The van der Waals surface area contributed by atoms with E-state index in [0.717, 1.165) is 11.1 Å². The first kappa shape index (κ1) is 15.0. The van der Waals surface area contributed by atoms with E-state index in [1.54, 1.807) is 6.92 Å². The van der Waals surface area contributed by atoms with Gasteiger partial charge in [-0.2, -0.15) is 0 Å². The second kappa shape index (κ2) is 6.40. The Kier molecular flexibility index (Phi) is 4.59. The summed E-state index contributed by atoms with van der Waals surface area (Å²) in [6, 6.07) is 16.4. The molecule has 0 fully saturated rings. The quantitative estimate of drug-likeness (QED) is 0.839. The van der Waals surface area contributed by atoms with E-state index in [4.69, 9.17) is 5.11 Å². The molecule has 0 amide bonds. The molecule has 1 N–H and O–H groups in total. The van der Waals surface area contributed by atoms with Crippen LogP contribution in [0, 0.1) is 13.8 Å². The van der Waals surface area contributed by atoms with E-state index in [1.807, 2.05) is 56.3 Å². The minimum atomic E-state index is -0.875. The van der Waals surface area contributed by atoms with Crippen molar-refractivity contribution in [2.24, 2.45) is 0 Å². The Bertz CT molecular complexity index is 638. The van der Waals surface area contributed by atoms with E-state index in [2.05, 4.69) is 12.1 Å². The predicted octanol–water partition coefficient (Wildman–Crippen LogP) is 4.47. The lowest BCUT2D eigenvalue weighted by atomic mass is 9.88. The lowest BCUT2D eigenvalue weighted by Gasteiger charge is -2.16. The zero-order valence-electron chi connectivity index (χ0n) is 12.6. The summed E-state index contributed by atoms with van der Waals surface area (Å²) in [4.78, 5) is 11.2. The van der Waals surface area contributed by atoms with Crippen LogP contribution >= 0.6 is 0 Å². The van der Waals surface area contributed by atoms with Gasteiger partial charge in [0.05, 0.1) is 0 Å². The first-order valence-corrected chi connectivity index (χ1v) is 7.02. The average Bonchev–Trinajstić information content (AvgIpc) is 2.44. The summed E-state index contributed by atoms with van der Waals surface area (Å²) >= 11 is 0. The molecule has 2 rings (SSSR count). The number of rotatable bonds is 4. The highest BCUT2D eigenvalue weighted by atomic mass is 16.4. The van der Waals surface area contributed by atoms with Crippen molar-refractivity contribution in [3.63, 3.8) is 0 Å². The fraction of sp³-hybridized carbons (Fsp3) is 0.211. The maximum atomic E-state index is 11.2. The summed E-state index contributed by atoms with van der Waals surface area (Å²) in [5, 5.41) is 9.17. The smallest absolute Gasteiger partial charge is 0.330 e. The molecule has 0 aliphatic rings. The maximum absolute atomic E-state index is 11.2. The molecular weight excluding hydrogens is 260 g/mol. The monoisotopic (exact) mass is 280 g/mol. The molecule has 0 unspecified atom stereocenters. The number of carbonyl (C=O) groups is 1. The zero-order chi connectivity index (χ0) is 15.4. The summed E-state index contributed by atoms with van der Waals surface area (Å²) < 4.78 is 0. The van der Waals surface area contributed by atoms with Crippen LogP contribution in [0.4, 0.5) is 0 Å². The largest absolute Gasteiger partial charge is 0.478 e. The zero-order valence-corrected chi connectivity index (χ0v) is 12.6. The molecule has 0 spiro atoms. The molecule has 0 atom stereocenters. The summed E-state index contributed by atoms with van der Waals surface area (Å²) in [6.45, 7) is 5.73. The van der Waals surface area contributed by atoms with Crippen LogP contribution in [0.25, 0.3) is 0 Å². The molecule has 0 heterocycles. The van der Waals surface area contributed by atoms with Gasteiger partial charge in [-0.1, -0.05) is 65.7 Å². The van der Waals surface area contributed by atoms with Crippen molar-refractivity contribution in [1.29, 1.82) is 0 Å². The van der Waals surface area contributed by atoms with Gasteiger partial charge < -0.3 is 5.11 Å². The Balaban J connectivity index is 2.54. The molecule has 2 nitrogen and oxygen atoms in total. The van der Waals surface area contributed by atoms with Gasteiger partial charge in [-0.15, -0.1) is 0 Å². The van der Waals surface area contributed by atoms with Gasteiger partial charge in [0.2, 0.25) is 0 Å². The molecule has 2 heteroatoms. The van der Waals surface area contributed by atoms with Crippen molar-refractivity contribution in [3.8, 4) is 0 Å². The number of hydrogen-bond acceptors (Lipinski definition) is 1. The van der Waals surface area contributed by atoms with Crippen LogP contribution in [-0.4, -0.2) is 11.1 Å². The Hall–Kier alpha value is -2.35. The summed E-state index contributed by atoms with van der Waals surface area (Å²) in [5.41, 5.74) is 4.93. The Labute approximate surface area is 125 Å². The van der Waals surface area contributed by atoms with Crippen molar-refractivity contribution in [2.75, 3.05) is 0 Å². The van der Waals surface area contributed by atoms with Crippen molar-refractivity contribution >= 4 is 5.97 Å². The number of aryl methyl sites for hydroxylation is 2. The lowest BCUT2D eigenvalue weighted by Crippen LogP contribution is -2.03. The molecule has 0 aliphatic carbocycles. The SMILES string of the molecule is CC(=CC(c1cccc(C)c1)c1cccc(C)c1)C(=O)O. The van der Waals surface area contributed by atoms with Crippen molar-refractivity contribution < 1.29 is 9.90 Å². The number of carboxylic acids is 1. The van der Waals surface area contributed by atoms with Gasteiger partial charge in [0.1, 0.15) is 0 Å². The fourth-order valence-corrected chi connectivity index (χ4v) is 2.43. The first-order chi connectivity index (χ1) is 9.97. The molecule has 0 aliphatic heterocycles. The molecule has 0 aromatic heterocycles. The molecule has 2 aromatic rings. The second-order valence-electron chi connectivity index (χ2n) is 5.46. The van der Waals surface area contributed by atoms with Gasteiger partial charge in [0.15, 0.2) is 0 Å². The third kappa shape index (κ3) is 3.82. The minimum absolute atomic E-state index is 0.0408. The fourth-order valence-electron chi connectivity index (χ4n) is 2.43. The van der Waals surface area contributed by atoms with E-state index in [-0.39, 0.29) is 5.92 Å². The number of hydrogen-bond donors (Lipinski definition) is 1. The average molecular weight is 280 g/mol. The molecule has 21 heavy (non-hydrogen) atoms. The standard InChI is InChI=1S/C19H20O2/c1-13-6-4-8-16(10-13)18(12-15(3)19(20)21)17-9-5-7-14(2)11-17/h4-12,18H,1-3H3,(H,20,21). The van der Waals surface area contributed by atoms with Crippen LogP contribution in [0.3, 0.4) is 0 Å². The number of allylic oxidation sites excluding steroid dienone is 1. The number of carboxylic acid groups (broad SMARTS) is 1. The number of benzene rings is 2. The molecule has 0 saturated heterocycles. The number of aliphatic carboxylic acids is 1. The third-order valence-electron chi connectivity index (χ3n) is 3.56. The Morgan fingerprint density at radius 3 is 1.86 bits per heavy atom. The van der Waals surface area contributed by atoms with E-state index in [1.165, 1.54) is 11.1 Å². The molecule has 0 radical (unpaired) electrons. The molecule has 108 valence electrons. The molecule has 0 saturated carbocycles. The lowest BCUT2D eigenvalue weighted by molar-refractivity contribution is -0.132. The predicted molar refractivity (Wildman–Crippen MR) is 85.6 cm³/mol. The Morgan fingerprint density at radius 1 is 1.00 bits per heavy atom. The van der Waals surface area contributed by atoms with Gasteiger partial charge in [0.25, 0.3) is 0 Å². The van der Waals surface area contributed by atoms with E-state index in [0.29, 0.717) is 5.57 Å². The van der Waals surface area contributed by atoms with Gasteiger partial charge >= 0.3 is 5.97 Å². The second-order valence-corrected chi connectivity index (χ2v) is 5.46. The van der Waals surface area contributed by atoms with Crippen molar-refractivity contribution in [3.05, 3.63) is 82.4 Å². The third-order valence-corrected chi connectivity index (χ3v) is 3.56. The van der Waals surface area contributed by atoms with Gasteiger partial charge in [-0.3, -0.25) is 0 Å². The van der Waals surface area contributed by atoms with Crippen LogP contribution in [0.15, 0.2) is 60.2 Å². The van der Waals surface area contributed by atoms with E-state index >= 15 is 0 Å². The molecule has 0 bridgehead atoms. The van der Waals surface area contributed by atoms with Gasteiger partial charge in [-0.25, -0.2) is 4.79 Å². The van der Waals surface area contributed by atoms with Crippen molar-refractivity contribution in [2.45, 2.75) is 26.7 Å². The van der Waals surface area contributed by atoms with Crippen molar-refractivity contribution in [1.82, 2.24) is 0 Å². The summed E-state index contributed by atoms with van der Waals surface area (Å²) in [6.07, 6.45) is 1.83. The van der Waals surface area contributed by atoms with Crippen LogP contribution in [0.5, 0.6) is 0 Å². The highest BCUT2D eigenvalue weighted by Gasteiger charge is 2.14. The van der Waals surface area contributed by atoms with E-state index in [9.17, 15) is 4.79 Å². The van der Waals surface area contributed by atoms with Crippen LogP contribution in [-0.2, 0) is 4.79 Å². The molecular formula is C19H20O2. The highest BCUT2D eigenvalue weighted by molar-refractivity contribution is 5.86. The molecule has 2 aromatic carbocycles. The van der Waals surface area contributed by atoms with Gasteiger partial charge in [-0.05, 0) is 31.9 Å². The summed E-state index contributed by atoms with van der Waals surface area (Å²) in [5.74, 6) is -0.916. The van der Waals surface area contributed by atoms with Crippen LogP contribution in [0.1, 0.15) is 35.1 Å².